The maximum Gasteiger partial charge on any atom is 0.164 e. The van der Waals surface area contributed by atoms with Gasteiger partial charge in [-0.3, -0.25) is 0 Å². The Morgan fingerprint density at radius 3 is 0.821 bits per heavy atom. The van der Waals surface area contributed by atoms with E-state index < -0.39 is 0 Å². The minimum atomic E-state index is 0.591. The highest BCUT2D eigenvalue weighted by Gasteiger charge is 2.23. The van der Waals surface area contributed by atoms with Crippen LogP contribution in [0.4, 0.5) is 0 Å². The van der Waals surface area contributed by atoms with E-state index in [1.165, 1.54) is 109 Å². The summed E-state index contributed by atoms with van der Waals surface area (Å²) in [6, 6.07) is 92.8. The molecule has 0 bridgehead atoms. The lowest BCUT2D eigenvalue weighted by molar-refractivity contribution is 1.07. The molecule has 0 saturated heterocycles. The van der Waals surface area contributed by atoms with Gasteiger partial charge >= 0.3 is 0 Å². The average Bonchev–Trinajstić information content (AvgIpc) is 2.88. The van der Waals surface area contributed by atoms with Crippen LogP contribution in [0.1, 0.15) is 0 Å². The molecule has 7 aromatic heterocycles. The Kier molecular flexibility index (Phi) is 9.71. The highest BCUT2D eigenvalue weighted by molar-refractivity contribution is 7.27. The van der Waals surface area contributed by atoms with E-state index >= 15 is 0 Å². The van der Waals surface area contributed by atoms with Gasteiger partial charge in [0.2, 0.25) is 0 Å². The molecule has 0 aliphatic carbocycles. The van der Waals surface area contributed by atoms with Gasteiger partial charge in [-0.05, 0) is 72.8 Å². The Hall–Kier alpha value is -10.3. The topological polar surface area (TPSA) is 53.5 Å². The van der Waals surface area contributed by atoms with Gasteiger partial charge in [-0.2, -0.15) is 0 Å². The van der Waals surface area contributed by atoms with E-state index in [4.69, 9.17) is 15.0 Å². The second kappa shape index (κ2) is 17.6. The smallest absolute Gasteiger partial charge is 0.164 e. The fraction of sp³-hybridized carbons (Fsp3) is 0. The zero-order valence-corrected chi connectivity index (χ0v) is 47.1. The highest BCUT2D eigenvalue weighted by Crippen LogP contribution is 2.47. The fourth-order valence-electron chi connectivity index (χ4n) is 13.6. The quantitative estimate of drug-likeness (QED) is 0.167. The molecule has 0 N–H and O–H groups in total. The van der Waals surface area contributed by atoms with E-state index in [0.29, 0.717) is 17.5 Å². The van der Waals surface area contributed by atoms with E-state index in [2.05, 4.69) is 268 Å². The number of rotatable bonds is 6. The predicted octanol–water partition coefficient (Wildman–Crippen LogP) is 21.3. The molecule has 0 unspecified atom stereocenters. The number of para-hydroxylation sites is 3. The molecule has 0 fully saturated rings. The molecule has 0 atom stereocenters. The summed E-state index contributed by atoms with van der Waals surface area (Å²) in [4.78, 5) is 16.6. The lowest BCUT2D eigenvalue weighted by Gasteiger charge is -2.14. The fourth-order valence-corrected chi connectivity index (χ4v) is 17.3. The van der Waals surface area contributed by atoms with Gasteiger partial charge in [0.1, 0.15) is 0 Å². The number of aromatic nitrogens is 6. The monoisotopic (exact) mass is 1120 g/mol. The third-order valence-electron chi connectivity index (χ3n) is 17.3. The van der Waals surface area contributed by atoms with Crippen molar-refractivity contribution in [3.8, 4) is 51.2 Å². The Labute approximate surface area is 491 Å². The van der Waals surface area contributed by atoms with Crippen molar-refractivity contribution >= 4 is 160 Å². The first-order valence-corrected chi connectivity index (χ1v) is 30.7. The van der Waals surface area contributed by atoms with Crippen LogP contribution >= 0.6 is 34.0 Å². The summed E-state index contributed by atoms with van der Waals surface area (Å²) in [7, 11) is 0. The molecule has 12 aromatic carbocycles. The molecule has 0 aliphatic heterocycles. The number of nitrogens with zero attached hydrogens (tertiary/aromatic N) is 6. The highest BCUT2D eigenvalue weighted by atomic mass is 32.1. The second-order valence-electron chi connectivity index (χ2n) is 21.8. The number of thiophene rings is 3. The second-order valence-corrected chi connectivity index (χ2v) is 25.0. The van der Waals surface area contributed by atoms with Crippen molar-refractivity contribution in [2.45, 2.75) is 0 Å². The van der Waals surface area contributed by atoms with Crippen LogP contribution in [-0.2, 0) is 0 Å². The normalized spacial score (nSPS) is 12.3. The van der Waals surface area contributed by atoms with Gasteiger partial charge in [-0.1, -0.05) is 182 Å². The van der Waals surface area contributed by atoms with Gasteiger partial charge in [0.15, 0.2) is 17.5 Å². The molecule has 19 rings (SSSR count). The molecule has 84 heavy (non-hydrogen) atoms. The summed E-state index contributed by atoms with van der Waals surface area (Å²) in [5.74, 6) is 1.77. The molecule has 0 aliphatic rings. The molecule has 19 aromatic rings. The standard InChI is InChI=1S/C75H42N6S3/c1-7-28-61-49(22-1)55-34-37-58-52-25-4-10-31-64(52)82-70(58)67(55)79(61)46-19-13-16-43(40-46)73-76-74(44-17-14-20-47(41-44)80-62-29-8-2-23-50(62)56-35-38-59-53-26-5-11-32-65(53)83-71(59)68(56)80)78-75(77-73)45-18-15-21-48(42-45)81-63-30-9-3-24-51(63)57-36-39-60-54-27-6-12-33-66(54)84-72(60)69(57)81/h1-42H. The molecule has 0 spiro atoms. The van der Waals surface area contributed by atoms with Crippen molar-refractivity contribution in [3.63, 3.8) is 0 Å². The van der Waals surface area contributed by atoms with Crippen LogP contribution in [0.15, 0.2) is 255 Å². The van der Waals surface area contributed by atoms with Gasteiger partial charge in [0.05, 0.1) is 47.2 Å². The number of hydrogen-bond donors (Lipinski definition) is 0. The number of hydrogen-bond acceptors (Lipinski definition) is 6. The molecule has 390 valence electrons. The average molecular weight is 1120 g/mol. The first-order chi connectivity index (χ1) is 41.6. The van der Waals surface area contributed by atoms with Crippen molar-refractivity contribution < 1.29 is 0 Å². The maximum atomic E-state index is 5.52. The first kappa shape index (κ1) is 46.3. The maximum absolute atomic E-state index is 5.52. The SMILES string of the molecule is c1cc(-c2nc(-c3cccc(-n4c5ccccc5c5ccc6c7ccccc7sc6c54)c3)nc(-c3cccc(-n4c5ccccc5c5ccc6c7ccccc7sc6c54)c3)n2)cc(-n2c3ccccc3c3ccc4c5ccccc5sc4c32)c1. The molecule has 7 heterocycles. The van der Waals surface area contributed by atoms with E-state index in [1.54, 1.807) is 0 Å². The minimum absolute atomic E-state index is 0.591. The summed E-state index contributed by atoms with van der Waals surface area (Å²) >= 11 is 5.59. The van der Waals surface area contributed by atoms with Crippen molar-refractivity contribution in [2.24, 2.45) is 0 Å². The Morgan fingerprint density at radius 2 is 0.500 bits per heavy atom. The minimum Gasteiger partial charge on any atom is -0.308 e. The third-order valence-corrected chi connectivity index (χ3v) is 20.8. The van der Waals surface area contributed by atoms with Crippen LogP contribution in [0.2, 0.25) is 0 Å². The van der Waals surface area contributed by atoms with Crippen LogP contribution in [0.3, 0.4) is 0 Å². The third kappa shape index (κ3) is 6.62. The van der Waals surface area contributed by atoms with Gasteiger partial charge in [0, 0.05) is 112 Å². The van der Waals surface area contributed by atoms with Gasteiger partial charge in [-0.15, -0.1) is 34.0 Å². The number of benzene rings is 12. The lowest BCUT2D eigenvalue weighted by atomic mass is 10.1. The van der Waals surface area contributed by atoms with Crippen molar-refractivity contribution in [1.82, 2.24) is 28.7 Å². The Balaban J connectivity index is 0.839. The van der Waals surface area contributed by atoms with Crippen LogP contribution in [0, 0.1) is 0 Å². The van der Waals surface area contributed by atoms with Crippen LogP contribution in [-0.4, -0.2) is 28.7 Å². The van der Waals surface area contributed by atoms with E-state index in [0.717, 1.165) is 50.3 Å². The summed E-state index contributed by atoms with van der Waals surface area (Å²) in [6.45, 7) is 0. The lowest BCUT2D eigenvalue weighted by Crippen LogP contribution is -2.02. The summed E-state index contributed by atoms with van der Waals surface area (Å²) in [5, 5.41) is 15.0. The largest absolute Gasteiger partial charge is 0.308 e. The van der Waals surface area contributed by atoms with E-state index in [-0.39, 0.29) is 0 Å². The van der Waals surface area contributed by atoms with Gasteiger partial charge < -0.3 is 13.7 Å². The van der Waals surface area contributed by atoms with Crippen molar-refractivity contribution in [1.29, 1.82) is 0 Å². The molecular formula is C75H42N6S3. The van der Waals surface area contributed by atoms with Gasteiger partial charge in [0.25, 0.3) is 0 Å². The van der Waals surface area contributed by atoms with E-state index in [1.807, 2.05) is 34.0 Å². The van der Waals surface area contributed by atoms with Gasteiger partial charge in [-0.25, -0.2) is 15.0 Å². The van der Waals surface area contributed by atoms with Crippen LogP contribution < -0.4 is 0 Å². The van der Waals surface area contributed by atoms with Crippen molar-refractivity contribution in [2.75, 3.05) is 0 Å². The molecule has 6 nitrogen and oxygen atoms in total. The first-order valence-electron chi connectivity index (χ1n) is 28.2. The van der Waals surface area contributed by atoms with Crippen LogP contribution in [0.5, 0.6) is 0 Å². The summed E-state index contributed by atoms with van der Waals surface area (Å²) < 4.78 is 15.0. The summed E-state index contributed by atoms with van der Waals surface area (Å²) in [5.41, 5.74) is 12.8. The Bertz CT molecular complexity index is 5430. The van der Waals surface area contributed by atoms with E-state index in [9.17, 15) is 0 Å². The Morgan fingerprint density at radius 1 is 0.226 bits per heavy atom. The zero-order chi connectivity index (χ0) is 54.7. The molecule has 9 heteroatoms. The predicted molar refractivity (Wildman–Crippen MR) is 358 cm³/mol. The summed E-state index contributed by atoms with van der Waals surface area (Å²) in [6.07, 6.45) is 0. The zero-order valence-electron chi connectivity index (χ0n) is 44.7. The number of fused-ring (bicyclic) bond motifs is 21. The van der Waals surface area contributed by atoms with Crippen molar-refractivity contribution in [3.05, 3.63) is 255 Å². The molecule has 0 amide bonds. The molecule has 0 saturated carbocycles. The molecular weight excluding hydrogens is 1080 g/mol. The van der Waals surface area contributed by atoms with Crippen LogP contribution in [0.25, 0.3) is 177 Å². The molecule has 0 radical (unpaired) electrons.